The number of hydrogen-bond acceptors (Lipinski definition) is 4. The van der Waals surface area contributed by atoms with Crippen LogP contribution in [-0.2, 0) is 4.74 Å². The van der Waals surface area contributed by atoms with Crippen LogP contribution in [0, 0.1) is 12.8 Å². The molecule has 0 spiro atoms. The molecule has 1 heterocycles. The highest BCUT2D eigenvalue weighted by molar-refractivity contribution is 6.01. The van der Waals surface area contributed by atoms with E-state index in [9.17, 15) is 0 Å². The molecular formula is C17H23N3O. The normalized spacial score (nSPS) is 14.6. The predicted molar refractivity (Wildman–Crippen MR) is 87.7 cm³/mol. The van der Waals surface area contributed by atoms with Crippen molar-refractivity contribution < 1.29 is 4.74 Å². The molecule has 1 saturated carbocycles. The minimum atomic E-state index is 0.767. The van der Waals surface area contributed by atoms with Crippen LogP contribution in [0.15, 0.2) is 24.4 Å². The maximum atomic E-state index is 6.05. The Bertz CT molecular complexity index is 637. The highest BCUT2D eigenvalue weighted by atomic mass is 16.5. The van der Waals surface area contributed by atoms with Gasteiger partial charge in [-0.25, -0.2) is 0 Å². The summed E-state index contributed by atoms with van der Waals surface area (Å²) in [5.74, 6) is 0.821. The molecule has 0 radical (unpaired) electrons. The van der Waals surface area contributed by atoms with Crippen LogP contribution in [0.2, 0.25) is 0 Å². The van der Waals surface area contributed by atoms with Crippen LogP contribution in [0.25, 0.3) is 10.8 Å². The van der Waals surface area contributed by atoms with E-state index < -0.39 is 0 Å². The van der Waals surface area contributed by atoms with E-state index in [4.69, 9.17) is 10.5 Å². The Morgan fingerprint density at radius 3 is 2.90 bits per heavy atom. The molecule has 0 saturated heterocycles. The van der Waals surface area contributed by atoms with E-state index in [1.54, 1.807) is 0 Å². The second-order valence-electron chi connectivity index (χ2n) is 5.99. The Labute approximate surface area is 125 Å². The molecular weight excluding hydrogens is 262 g/mol. The van der Waals surface area contributed by atoms with Crippen molar-refractivity contribution in [3.8, 4) is 0 Å². The number of nitrogen functional groups attached to an aromatic ring is 1. The van der Waals surface area contributed by atoms with E-state index in [-0.39, 0.29) is 0 Å². The molecule has 112 valence electrons. The summed E-state index contributed by atoms with van der Waals surface area (Å²) in [6.45, 7) is 4.57. The average molecular weight is 285 g/mol. The molecule has 0 atom stereocenters. The number of benzene rings is 1. The van der Waals surface area contributed by atoms with Gasteiger partial charge in [0.1, 0.15) is 0 Å². The molecule has 2 aromatic rings. The van der Waals surface area contributed by atoms with Crippen LogP contribution < -0.4 is 10.6 Å². The number of pyridine rings is 1. The maximum absolute atomic E-state index is 6.05. The van der Waals surface area contributed by atoms with Crippen LogP contribution in [0.5, 0.6) is 0 Å². The molecule has 1 aromatic carbocycles. The van der Waals surface area contributed by atoms with Crippen molar-refractivity contribution in [2.75, 3.05) is 37.4 Å². The minimum absolute atomic E-state index is 0.767. The third-order valence-corrected chi connectivity index (χ3v) is 4.08. The fourth-order valence-corrected chi connectivity index (χ4v) is 2.54. The molecule has 1 aliphatic carbocycles. The number of hydrogen-bond donors (Lipinski definition) is 1. The zero-order chi connectivity index (χ0) is 14.8. The quantitative estimate of drug-likeness (QED) is 0.655. The lowest BCUT2D eigenvalue weighted by molar-refractivity contribution is 0.131. The van der Waals surface area contributed by atoms with Gasteiger partial charge in [0.05, 0.1) is 6.61 Å². The number of nitrogens with two attached hydrogens (primary N) is 1. The van der Waals surface area contributed by atoms with Crippen molar-refractivity contribution in [2.24, 2.45) is 5.92 Å². The van der Waals surface area contributed by atoms with Gasteiger partial charge < -0.3 is 15.4 Å². The van der Waals surface area contributed by atoms with Gasteiger partial charge in [0.25, 0.3) is 0 Å². The molecule has 1 aliphatic rings. The molecule has 1 fully saturated rings. The van der Waals surface area contributed by atoms with Gasteiger partial charge in [0.15, 0.2) is 0 Å². The van der Waals surface area contributed by atoms with Crippen LogP contribution in [0.1, 0.15) is 18.5 Å². The zero-order valence-corrected chi connectivity index (χ0v) is 12.8. The molecule has 0 bridgehead atoms. The molecule has 1 aromatic heterocycles. The summed E-state index contributed by atoms with van der Waals surface area (Å²) in [7, 11) is 2.10. The first kappa shape index (κ1) is 14.1. The SMILES string of the molecule is Cc1cc2c(N(C)CCOCC3CC3)ccc(N)c2cn1. The lowest BCUT2D eigenvalue weighted by atomic mass is 10.1. The summed E-state index contributed by atoms with van der Waals surface area (Å²) in [6.07, 6.45) is 4.54. The van der Waals surface area contributed by atoms with Crippen LogP contribution >= 0.6 is 0 Å². The van der Waals surface area contributed by atoms with Crippen molar-refractivity contribution >= 4 is 22.1 Å². The van der Waals surface area contributed by atoms with Gasteiger partial charge in [-0.3, -0.25) is 4.98 Å². The molecule has 0 unspecified atom stereocenters. The van der Waals surface area contributed by atoms with E-state index in [2.05, 4.69) is 29.1 Å². The summed E-state index contributed by atoms with van der Waals surface area (Å²) in [4.78, 5) is 6.58. The number of anilines is 2. The topological polar surface area (TPSA) is 51.4 Å². The molecule has 3 rings (SSSR count). The monoisotopic (exact) mass is 285 g/mol. The number of fused-ring (bicyclic) bond motifs is 1. The average Bonchev–Trinajstić information content (AvgIpc) is 3.28. The number of likely N-dealkylation sites (N-methyl/N-ethyl adjacent to an activating group) is 1. The van der Waals surface area contributed by atoms with E-state index in [0.717, 1.165) is 47.8 Å². The van der Waals surface area contributed by atoms with Crippen molar-refractivity contribution in [1.82, 2.24) is 4.98 Å². The zero-order valence-electron chi connectivity index (χ0n) is 12.8. The summed E-state index contributed by atoms with van der Waals surface area (Å²) in [6, 6.07) is 6.14. The molecule has 4 nitrogen and oxygen atoms in total. The highest BCUT2D eigenvalue weighted by Crippen LogP contribution is 2.31. The third-order valence-electron chi connectivity index (χ3n) is 4.08. The Morgan fingerprint density at radius 1 is 1.33 bits per heavy atom. The smallest absolute Gasteiger partial charge is 0.0641 e. The number of nitrogens with zero attached hydrogens (tertiary/aromatic N) is 2. The standard InChI is InChI=1S/C17H23N3O/c1-12-9-14-15(10-19-12)16(18)5-6-17(14)20(2)7-8-21-11-13-3-4-13/h5-6,9-10,13H,3-4,7-8,11,18H2,1-2H3. The van der Waals surface area contributed by atoms with Crippen molar-refractivity contribution in [3.05, 3.63) is 30.1 Å². The number of ether oxygens (including phenoxy) is 1. The fraction of sp³-hybridized carbons (Fsp3) is 0.471. The largest absolute Gasteiger partial charge is 0.398 e. The van der Waals surface area contributed by atoms with Gasteiger partial charge in [-0.2, -0.15) is 0 Å². The van der Waals surface area contributed by atoms with E-state index >= 15 is 0 Å². The number of rotatable bonds is 6. The molecule has 4 heteroatoms. The van der Waals surface area contributed by atoms with Gasteiger partial charge in [0, 0.05) is 54.2 Å². The first-order valence-electron chi connectivity index (χ1n) is 7.59. The van der Waals surface area contributed by atoms with E-state index in [1.165, 1.54) is 18.5 Å². The van der Waals surface area contributed by atoms with Crippen molar-refractivity contribution in [1.29, 1.82) is 0 Å². The Balaban J connectivity index is 1.74. The maximum Gasteiger partial charge on any atom is 0.0641 e. The molecule has 21 heavy (non-hydrogen) atoms. The highest BCUT2D eigenvalue weighted by Gasteiger charge is 2.21. The second-order valence-corrected chi connectivity index (χ2v) is 5.99. The lowest BCUT2D eigenvalue weighted by Crippen LogP contribution is -2.23. The first-order chi connectivity index (χ1) is 10.1. The molecule has 0 amide bonds. The van der Waals surface area contributed by atoms with Gasteiger partial charge in [-0.1, -0.05) is 0 Å². The molecule has 2 N–H and O–H groups in total. The number of aromatic nitrogens is 1. The van der Waals surface area contributed by atoms with Gasteiger partial charge >= 0.3 is 0 Å². The third kappa shape index (κ3) is 3.27. The van der Waals surface area contributed by atoms with E-state index in [1.807, 2.05) is 19.2 Å². The lowest BCUT2D eigenvalue weighted by Gasteiger charge is -2.22. The van der Waals surface area contributed by atoms with Gasteiger partial charge in [0.2, 0.25) is 0 Å². The van der Waals surface area contributed by atoms with Gasteiger partial charge in [-0.15, -0.1) is 0 Å². The predicted octanol–water partition coefficient (Wildman–Crippen LogP) is 2.99. The second kappa shape index (κ2) is 5.90. The van der Waals surface area contributed by atoms with Crippen molar-refractivity contribution in [3.63, 3.8) is 0 Å². The van der Waals surface area contributed by atoms with Gasteiger partial charge in [-0.05, 0) is 43.9 Å². The summed E-state index contributed by atoms with van der Waals surface area (Å²) in [5.41, 5.74) is 9.02. The van der Waals surface area contributed by atoms with Crippen LogP contribution in [0.4, 0.5) is 11.4 Å². The van der Waals surface area contributed by atoms with Crippen LogP contribution in [0.3, 0.4) is 0 Å². The summed E-state index contributed by atoms with van der Waals surface area (Å²) >= 11 is 0. The fourth-order valence-electron chi connectivity index (χ4n) is 2.54. The van der Waals surface area contributed by atoms with E-state index in [0.29, 0.717) is 0 Å². The Kier molecular flexibility index (Phi) is 3.97. The number of aryl methyl sites for hydroxylation is 1. The van der Waals surface area contributed by atoms with Crippen LogP contribution in [-0.4, -0.2) is 31.8 Å². The Hall–Kier alpha value is -1.81. The molecule has 0 aliphatic heterocycles. The summed E-state index contributed by atoms with van der Waals surface area (Å²) in [5, 5.41) is 2.18. The Morgan fingerprint density at radius 2 is 2.14 bits per heavy atom. The summed E-state index contributed by atoms with van der Waals surface area (Å²) < 4.78 is 5.73. The minimum Gasteiger partial charge on any atom is -0.398 e. The first-order valence-corrected chi connectivity index (χ1v) is 7.59. The van der Waals surface area contributed by atoms with Crippen molar-refractivity contribution in [2.45, 2.75) is 19.8 Å².